The highest BCUT2D eigenvalue weighted by Crippen LogP contribution is 2.21. The third-order valence-electron chi connectivity index (χ3n) is 3.84. The van der Waals surface area contributed by atoms with Gasteiger partial charge in [-0.15, -0.1) is 0 Å². The van der Waals surface area contributed by atoms with Crippen molar-refractivity contribution in [2.24, 2.45) is 5.92 Å². The molecule has 0 aromatic heterocycles. The zero-order chi connectivity index (χ0) is 13.1. The summed E-state index contributed by atoms with van der Waals surface area (Å²) in [6.07, 6.45) is 2.21. The SMILES string of the molecule is Cc1cc(N(C)CC2CCN(C)C2)ccc1C=O. The Labute approximate surface area is 109 Å². The molecule has 0 amide bonds. The van der Waals surface area contributed by atoms with Crippen LogP contribution in [0.4, 0.5) is 5.69 Å². The lowest BCUT2D eigenvalue weighted by atomic mass is 10.1. The lowest BCUT2D eigenvalue weighted by Crippen LogP contribution is -2.27. The lowest BCUT2D eigenvalue weighted by Gasteiger charge is -2.23. The number of hydrogen-bond acceptors (Lipinski definition) is 3. The van der Waals surface area contributed by atoms with Crippen LogP contribution < -0.4 is 4.90 Å². The highest BCUT2D eigenvalue weighted by Gasteiger charge is 2.20. The maximum Gasteiger partial charge on any atom is 0.150 e. The monoisotopic (exact) mass is 246 g/mol. The highest BCUT2D eigenvalue weighted by molar-refractivity contribution is 5.78. The zero-order valence-corrected chi connectivity index (χ0v) is 11.5. The van der Waals surface area contributed by atoms with E-state index in [1.165, 1.54) is 25.2 Å². The Kier molecular flexibility index (Phi) is 4.02. The summed E-state index contributed by atoms with van der Waals surface area (Å²) < 4.78 is 0. The van der Waals surface area contributed by atoms with Crippen molar-refractivity contribution in [3.63, 3.8) is 0 Å². The average Bonchev–Trinajstić information content (AvgIpc) is 2.74. The highest BCUT2D eigenvalue weighted by atomic mass is 16.1. The van der Waals surface area contributed by atoms with E-state index in [-0.39, 0.29) is 0 Å². The number of aldehydes is 1. The van der Waals surface area contributed by atoms with Crippen LogP contribution in [-0.2, 0) is 0 Å². The van der Waals surface area contributed by atoms with Crippen molar-refractivity contribution in [3.8, 4) is 0 Å². The molecule has 2 rings (SSSR count). The number of anilines is 1. The third-order valence-corrected chi connectivity index (χ3v) is 3.84. The Morgan fingerprint density at radius 3 is 2.83 bits per heavy atom. The molecule has 1 saturated heterocycles. The van der Waals surface area contributed by atoms with Crippen LogP contribution in [-0.4, -0.2) is 44.9 Å². The van der Waals surface area contributed by atoms with Crippen molar-refractivity contribution >= 4 is 12.0 Å². The standard InChI is InChI=1S/C15H22N2O/c1-12-8-15(5-4-14(12)11-18)17(3)10-13-6-7-16(2)9-13/h4-5,8,11,13H,6-7,9-10H2,1-3H3. The van der Waals surface area contributed by atoms with Gasteiger partial charge >= 0.3 is 0 Å². The fourth-order valence-corrected chi connectivity index (χ4v) is 2.70. The van der Waals surface area contributed by atoms with Gasteiger partial charge in [-0.2, -0.15) is 0 Å². The second kappa shape index (κ2) is 5.53. The third kappa shape index (κ3) is 2.91. The van der Waals surface area contributed by atoms with Crippen LogP contribution >= 0.6 is 0 Å². The molecule has 1 heterocycles. The van der Waals surface area contributed by atoms with Gasteiger partial charge in [-0.3, -0.25) is 4.79 Å². The Balaban J connectivity index is 2.02. The molecule has 18 heavy (non-hydrogen) atoms. The van der Waals surface area contributed by atoms with Gasteiger partial charge in [0.25, 0.3) is 0 Å². The van der Waals surface area contributed by atoms with Crippen LogP contribution in [0, 0.1) is 12.8 Å². The quantitative estimate of drug-likeness (QED) is 0.761. The van der Waals surface area contributed by atoms with Crippen LogP contribution in [0.5, 0.6) is 0 Å². The van der Waals surface area contributed by atoms with Gasteiger partial charge in [0.1, 0.15) is 6.29 Å². The normalized spacial score (nSPS) is 20.1. The van der Waals surface area contributed by atoms with Crippen molar-refractivity contribution in [1.82, 2.24) is 4.90 Å². The molecule has 1 aliphatic heterocycles. The van der Waals surface area contributed by atoms with Crippen LogP contribution in [0.2, 0.25) is 0 Å². The largest absolute Gasteiger partial charge is 0.374 e. The van der Waals surface area contributed by atoms with E-state index in [9.17, 15) is 4.79 Å². The number of aryl methyl sites for hydroxylation is 1. The maximum absolute atomic E-state index is 10.8. The average molecular weight is 246 g/mol. The Hall–Kier alpha value is -1.35. The van der Waals surface area contributed by atoms with E-state index in [4.69, 9.17) is 0 Å². The molecule has 3 nitrogen and oxygen atoms in total. The molecule has 1 unspecified atom stereocenters. The molecule has 0 N–H and O–H groups in total. The number of carbonyl (C=O) groups is 1. The number of hydrogen-bond donors (Lipinski definition) is 0. The van der Waals surface area contributed by atoms with Gasteiger partial charge in [0.15, 0.2) is 0 Å². The van der Waals surface area contributed by atoms with Gasteiger partial charge in [-0.05, 0) is 56.6 Å². The van der Waals surface area contributed by atoms with Gasteiger partial charge in [0.05, 0.1) is 0 Å². The summed E-state index contributed by atoms with van der Waals surface area (Å²) in [5.41, 5.74) is 3.04. The van der Waals surface area contributed by atoms with E-state index in [2.05, 4.69) is 30.0 Å². The number of carbonyl (C=O) groups excluding carboxylic acids is 1. The molecular weight excluding hydrogens is 224 g/mol. The summed E-state index contributed by atoms with van der Waals surface area (Å²) in [6, 6.07) is 6.05. The molecule has 98 valence electrons. The summed E-state index contributed by atoms with van der Waals surface area (Å²) in [6.45, 7) is 5.48. The lowest BCUT2D eigenvalue weighted by molar-refractivity contribution is 0.112. The minimum atomic E-state index is 0.756. The van der Waals surface area contributed by atoms with Gasteiger partial charge in [0.2, 0.25) is 0 Å². The van der Waals surface area contributed by atoms with E-state index in [1.807, 2.05) is 19.1 Å². The van der Waals surface area contributed by atoms with Crippen molar-refractivity contribution in [2.45, 2.75) is 13.3 Å². The molecule has 0 saturated carbocycles. The van der Waals surface area contributed by atoms with Crippen molar-refractivity contribution in [3.05, 3.63) is 29.3 Å². The first kappa shape index (κ1) is 13.1. The summed E-state index contributed by atoms with van der Waals surface area (Å²) >= 11 is 0. The molecular formula is C15H22N2O. The van der Waals surface area contributed by atoms with E-state index >= 15 is 0 Å². The number of nitrogens with zero attached hydrogens (tertiary/aromatic N) is 2. The molecule has 1 atom stereocenters. The molecule has 1 aliphatic rings. The second-order valence-electron chi connectivity index (χ2n) is 5.46. The van der Waals surface area contributed by atoms with Gasteiger partial charge in [0, 0.05) is 31.4 Å². The Morgan fingerprint density at radius 1 is 1.50 bits per heavy atom. The van der Waals surface area contributed by atoms with Crippen molar-refractivity contribution < 1.29 is 4.79 Å². The smallest absolute Gasteiger partial charge is 0.150 e. The maximum atomic E-state index is 10.8. The predicted octanol–water partition coefficient (Wildman–Crippen LogP) is 2.20. The zero-order valence-electron chi connectivity index (χ0n) is 11.5. The Bertz CT molecular complexity index is 431. The summed E-state index contributed by atoms with van der Waals surface area (Å²) in [4.78, 5) is 15.5. The van der Waals surface area contributed by atoms with Crippen LogP contribution in [0.3, 0.4) is 0 Å². The van der Waals surface area contributed by atoms with Gasteiger partial charge in [-0.1, -0.05) is 0 Å². The summed E-state index contributed by atoms with van der Waals surface area (Å²) in [7, 11) is 4.32. The molecule has 1 aromatic rings. The van der Waals surface area contributed by atoms with Gasteiger partial charge < -0.3 is 9.80 Å². The molecule has 0 spiro atoms. The van der Waals surface area contributed by atoms with Crippen molar-refractivity contribution in [2.75, 3.05) is 38.6 Å². The van der Waals surface area contributed by atoms with Crippen molar-refractivity contribution in [1.29, 1.82) is 0 Å². The van der Waals surface area contributed by atoms with Crippen LogP contribution in [0.15, 0.2) is 18.2 Å². The minimum Gasteiger partial charge on any atom is -0.374 e. The number of benzene rings is 1. The second-order valence-corrected chi connectivity index (χ2v) is 5.46. The molecule has 3 heteroatoms. The fourth-order valence-electron chi connectivity index (χ4n) is 2.70. The molecule has 1 aromatic carbocycles. The molecule has 0 bridgehead atoms. The van der Waals surface area contributed by atoms with Gasteiger partial charge in [-0.25, -0.2) is 0 Å². The molecule has 0 aliphatic carbocycles. The van der Waals surface area contributed by atoms with Crippen LogP contribution in [0.1, 0.15) is 22.3 Å². The van der Waals surface area contributed by atoms with E-state index in [0.717, 1.165) is 29.9 Å². The first-order valence-corrected chi connectivity index (χ1v) is 6.55. The fraction of sp³-hybridized carbons (Fsp3) is 0.533. The molecule has 0 radical (unpaired) electrons. The summed E-state index contributed by atoms with van der Waals surface area (Å²) in [5.74, 6) is 0.756. The summed E-state index contributed by atoms with van der Waals surface area (Å²) in [5, 5.41) is 0. The minimum absolute atomic E-state index is 0.756. The Morgan fingerprint density at radius 2 is 2.28 bits per heavy atom. The topological polar surface area (TPSA) is 23.6 Å². The van der Waals surface area contributed by atoms with E-state index in [1.54, 1.807) is 0 Å². The predicted molar refractivity (Wildman–Crippen MR) is 75.4 cm³/mol. The molecule has 1 fully saturated rings. The van der Waals surface area contributed by atoms with Crippen LogP contribution in [0.25, 0.3) is 0 Å². The first-order valence-electron chi connectivity index (χ1n) is 6.55. The number of rotatable bonds is 4. The van der Waals surface area contributed by atoms with E-state index in [0.29, 0.717) is 0 Å². The van der Waals surface area contributed by atoms with E-state index < -0.39 is 0 Å². The number of likely N-dealkylation sites (tertiary alicyclic amines) is 1. The first-order chi connectivity index (χ1) is 8.60.